The van der Waals surface area contributed by atoms with Gasteiger partial charge in [0.1, 0.15) is 0 Å². The van der Waals surface area contributed by atoms with Crippen LogP contribution in [-0.2, 0) is 16.0 Å². The van der Waals surface area contributed by atoms with E-state index in [4.69, 9.17) is 9.47 Å². The molecule has 142 valence electrons. The number of quaternary nitrogens is 1. The molecule has 2 aromatic carbocycles. The van der Waals surface area contributed by atoms with Gasteiger partial charge in [-0.1, -0.05) is 24.3 Å². The molecule has 3 rings (SSSR count). The number of carbonyl (C=O) groups is 2. The van der Waals surface area contributed by atoms with Gasteiger partial charge >= 0.3 is 0 Å². The zero-order valence-electron chi connectivity index (χ0n) is 15.9. The van der Waals surface area contributed by atoms with Crippen molar-refractivity contribution in [3.63, 3.8) is 0 Å². The highest BCUT2D eigenvalue weighted by molar-refractivity contribution is 6.21. The third-order valence-electron chi connectivity index (χ3n) is 5.01. The number of nitrogens with zero attached hydrogens (tertiary/aromatic N) is 1. The third kappa shape index (κ3) is 3.95. The Hall–Kier alpha value is -2.86. The number of imide groups is 1. The van der Waals surface area contributed by atoms with Crippen LogP contribution in [0.4, 0.5) is 5.69 Å². The molecule has 27 heavy (non-hydrogen) atoms. The summed E-state index contributed by atoms with van der Waals surface area (Å²) in [6.07, 6.45) is 1.01. The lowest BCUT2D eigenvalue weighted by Crippen LogP contribution is -3.14. The predicted molar refractivity (Wildman–Crippen MR) is 102 cm³/mol. The highest BCUT2D eigenvalue weighted by Crippen LogP contribution is 2.27. The topological polar surface area (TPSA) is 60.3 Å². The van der Waals surface area contributed by atoms with Crippen molar-refractivity contribution in [1.29, 1.82) is 0 Å². The van der Waals surface area contributed by atoms with Gasteiger partial charge in [-0.05, 0) is 29.8 Å². The molecular formula is C21H25N2O4+. The van der Waals surface area contributed by atoms with Crippen LogP contribution < -0.4 is 19.3 Å². The van der Waals surface area contributed by atoms with Gasteiger partial charge in [0, 0.05) is 6.42 Å². The molecule has 1 aliphatic heterocycles. The minimum Gasteiger partial charge on any atom is -0.493 e. The number of anilines is 1. The Labute approximate surface area is 159 Å². The van der Waals surface area contributed by atoms with E-state index in [9.17, 15) is 9.59 Å². The molecule has 2 amide bonds. The van der Waals surface area contributed by atoms with Gasteiger partial charge in [0.05, 0.1) is 39.9 Å². The minimum atomic E-state index is -0.349. The second-order valence-electron chi connectivity index (χ2n) is 6.70. The summed E-state index contributed by atoms with van der Waals surface area (Å²) in [4.78, 5) is 27.5. The lowest BCUT2D eigenvalue weighted by Gasteiger charge is -2.20. The Morgan fingerprint density at radius 3 is 2.41 bits per heavy atom. The first-order valence-corrected chi connectivity index (χ1v) is 9.00. The van der Waals surface area contributed by atoms with E-state index in [-0.39, 0.29) is 24.3 Å². The Kier molecular flexibility index (Phi) is 5.76. The Balaban J connectivity index is 1.66. The summed E-state index contributed by atoms with van der Waals surface area (Å²) in [6, 6.07) is 14.6. The van der Waals surface area contributed by atoms with Crippen molar-refractivity contribution < 1.29 is 24.0 Å². The fourth-order valence-electron chi connectivity index (χ4n) is 3.42. The first-order valence-electron chi connectivity index (χ1n) is 9.00. The van der Waals surface area contributed by atoms with Gasteiger partial charge in [0.25, 0.3) is 5.91 Å². The number of likely N-dealkylation sites (N-methyl/N-ethyl adjacent to an activating group) is 1. The second-order valence-corrected chi connectivity index (χ2v) is 6.70. The van der Waals surface area contributed by atoms with Gasteiger partial charge in [-0.15, -0.1) is 0 Å². The van der Waals surface area contributed by atoms with E-state index in [1.54, 1.807) is 26.4 Å². The normalized spacial score (nSPS) is 17.9. The number of amides is 2. The molecular weight excluding hydrogens is 344 g/mol. The van der Waals surface area contributed by atoms with Crippen LogP contribution in [-0.4, -0.2) is 45.7 Å². The van der Waals surface area contributed by atoms with Crippen LogP contribution >= 0.6 is 0 Å². The Morgan fingerprint density at radius 1 is 1.04 bits per heavy atom. The molecule has 1 N–H and O–H groups in total. The molecule has 1 heterocycles. The maximum absolute atomic E-state index is 12.8. The molecule has 0 bridgehead atoms. The van der Waals surface area contributed by atoms with Gasteiger partial charge in [0.2, 0.25) is 5.91 Å². The van der Waals surface area contributed by atoms with Gasteiger partial charge in [-0.3, -0.25) is 9.59 Å². The fraction of sp³-hybridized carbons (Fsp3) is 0.333. The lowest BCUT2D eigenvalue weighted by molar-refractivity contribution is -0.894. The molecule has 1 saturated heterocycles. The number of ether oxygens (including phenoxy) is 2. The first-order chi connectivity index (χ1) is 13.0. The summed E-state index contributed by atoms with van der Waals surface area (Å²) in [5, 5.41) is 0. The summed E-state index contributed by atoms with van der Waals surface area (Å²) in [5.74, 6) is 1.12. The summed E-state index contributed by atoms with van der Waals surface area (Å²) in [6.45, 7) is 0.738. The van der Waals surface area contributed by atoms with E-state index in [1.807, 2.05) is 43.4 Å². The molecule has 6 heteroatoms. The van der Waals surface area contributed by atoms with Crippen LogP contribution in [0.2, 0.25) is 0 Å². The lowest BCUT2D eigenvalue weighted by atomic mass is 10.1. The van der Waals surface area contributed by atoms with Crippen LogP contribution in [0.3, 0.4) is 0 Å². The van der Waals surface area contributed by atoms with Crippen molar-refractivity contribution >= 4 is 17.5 Å². The van der Waals surface area contributed by atoms with E-state index in [1.165, 1.54) is 4.90 Å². The van der Waals surface area contributed by atoms with Crippen molar-refractivity contribution in [3.8, 4) is 11.5 Å². The average Bonchev–Trinajstić information content (AvgIpc) is 3.00. The van der Waals surface area contributed by atoms with Crippen molar-refractivity contribution in [2.45, 2.75) is 18.9 Å². The minimum absolute atomic E-state index is 0.129. The molecule has 1 aliphatic rings. The Morgan fingerprint density at radius 2 is 1.74 bits per heavy atom. The van der Waals surface area contributed by atoms with Crippen LogP contribution in [0.15, 0.2) is 48.5 Å². The van der Waals surface area contributed by atoms with E-state index in [0.29, 0.717) is 17.2 Å². The standard InChI is InChI=1S/C21H24N2O4/c1-22(12-11-15-9-10-18(26-2)19(13-15)27-3)17-14-20(24)23(21(17)25)16-7-5-4-6-8-16/h4-10,13,17H,11-12,14H2,1-3H3/p+1/t17-/m1/s1. The number of carbonyl (C=O) groups excluding carboxylic acids is 2. The summed E-state index contributed by atoms with van der Waals surface area (Å²) >= 11 is 0. The van der Waals surface area contributed by atoms with Crippen LogP contribution in [0.1, 0.15) is 12.0 Å². The number of benzene rings is 2. The molecule has 0 aliphatic carbocycles. The first kappa shape index (κ1) is 18.9. The molecule has 2 aromatic rings. The quantitative estimate of drug-likeness (QED) is 0.743. The molecule has 0 aromatic heterocycles. The largest absolute Gasteiger partial charge is 0.493 e. The maximum Gasteiger partial charge on any atom is 0.292 e. The van der Waals surface area contributed by atoms with Crippen LogP contribution in [0.25, 0.3) is 0 Å². The zero-order chi connectivity index (χ0) is 19.4. The fourth-order valence-corrected chi connectivity index (χ4v) is 3.42. The molecule has 0 radical (unpaired) electrons. The number of hydrogen-bond acceptors (Lipinski definition) is 4. The van der Waals surface area contributed by atoms with Crippen molar-refractivity contribution in [1.82, 2.24) is 0 Å². The molecule has 1 fully saturated rings. The zero-order valence-corrected chi connectivity index (χ0v) is 15.9. The highest BCUT2D eigenvalue weighted by atomic mass is 16.5. The highest BCUT2D eigenvalue weighted by Gasteiger charge is 2.44. The monoisotopic (exact) mass is 369 g/mol. The summed E-state index contributed by atoms with van der Waals surface area (Å²) < 4.78 is 10.6. The third-order valence-corrected chi connectivity index (χ3v) is 5.01. The molecule has 1 unspecified atom stereocenters. The number of nitrogens with one attached hydrogen (secondary N) is 1. The molecule has 2 atom stereocenters. The van der Waals surface area contributed by atoms with E-state index < -0.39 is 0 Å². The van der Waals surface area contributed by atoms with Crippen molar-refractivity contribution in [2.75, 3.05) is 32.7 Å². The van der Waals surface area contributed by atoms with Gasteiger partial charge in [-0.25, -0.2) is 4.90 Å². The Bertz CT molecular complexity index is 822. The van der Waals surface area contributed by atoms with Crippen molar-refractivity contribution in [2.24, 2.45) is 0 Å². The molecule has 0 spiro atoms. The second kappa shape index (κ2) is 8.22. The number of rotatable bonds is 7. The van der Waals surface area contributed by atoms with E-state index in [0.717, 1.165) is 23.4 Å². The number of methoxy groups -OCH3 is 2. The summed E-state index contributed by atoms with van der Waals surface area (Å²) in [5.41, 5.74) is 1.74. The van der Waals surface area contributed by atoms with Crippen LogP contribution in [0.5, 0.6) is 11.5 Å². The van der Waals surface area contributed by atoms with Gasteiger partial charge in [0.15, 0.2) is 17.5 Å². The SMILES string of the molecule is COc1ccc(CC[NH+](C)[C@@H]2CC(=O)N(c3ccccc3)C2=O)cc1OC. The average molecular weight is 369 g/mol. The van der Waals surface area contributed by atoms with Gasteiger partial charge in [-0.2, -0.15) is 0 Å². The van der Waals surface area contributed by atoms with Gasteiger partial charge < -0.3 is 14.4 Å². The number of para-hydroxylation sites is 1. The smallest absolute Gasteiger partial charge is 0.292 e. The van der Waals surface area contributed by atoms with Crippen LogP contribution in [0, 0.1) is 0 Å². The summed E-state index contributed by atoms with van der Waals surface area (Å²) in [7, 11) is 5.18. The molecule has 6 nitrogen and oxygen atoms in total. The van der Waals surface area contributed by atoms with Crippen molar-refractivity contribution in [3.05, 3.63) is 54.1 Å². The van der Waals surface area contributed by atoms with E-state index in [2.05, 4.69) is 0 Å². The predicted octanol–water partition coefficient (Wildman–Crippen LogP) is 1.09. The maximum atomic E-state index is 12.8. The molecule has 0 saturated carbocycles. The number of hydrogen-bond donors (Lipinski definition) is 1. The van der Waals surface area contributed by atoms with E-state index >= 15 is 0 Å².